The van der Waals surface area contributed by atoms with Gasteiger partial charge in [-0.25, -0.2) is 9.97 Å². The lowest BCUT2D eigenvalue weighted by Gasteiger charge is -2.22. The summed E-state index contributed by atoms with van der Waals surface area (Å²) in [6.07, 6.45) is 3.84. The number of carbonyl (C=O) groups is 1. The van der Waals surface area contributed by atoms with E-state index < -0.39 is 0 Å². The van der Waals surface area contributed by atoms with Gasteiger partial charge in [0.1, 0.15) is 17.3 Å². The number of para-hydroxylation sites is 1. The van der Waals surface area contributed by atoms with E-state index in [0.717, 1.165) is 12.1 Å². The Balaban J connectivity index is 1.55. The Morgan fingerprint density at radius 3 is 2.80 bits per heavy atom. The molecule has 1 aliphatic rings. The fourth-order valence-corrected chi connectivity index (χ4v) is 3.06. The summed E-state index contributed by atoms with van der Waals surface area (Å²) in [4.78, 5) is 23.2. The molecular formula is C18H17N5O2. The van der Waals surface area contributed by atoms with Crippen molar-refractivity contribution < 1.29 is 9.32 Å². The Labute approximate surface area is 144 Å². The number of benzene rings is 1. The average Bonchev–Trinajstić information content (AvgIpc) is 3.17. The first-order valence-electron chi connectivity index (χ1n) is 8.05. The minimum Gasteiger partial charge on any atom is -0.360 e. The van der Waals surface area contributed by atoms with Gasteiger partial charge in [-0.2, -0.15) is 0 Å². The summed E-state index contributed by atoms with van der Waals surface area (Å²) in [7, 11) is 0. The van der Waals surface area contributed by atoms with Gasteiger partial charge in [0, 0.05) is 17.8 Å². The minimum atomic E-state index is -0.145. The summed E-state index contributed by atoms with van der Waals surface area (Å²) in [6.45, 7) is 3.84. The topological polar surface area (TPSA) is 84.2 Å². The molecule has 3 heterocycles. The van der Waals surface area contributed by atoms with Crippen LogP contribution in [0, 0.1) is 6.92 Å². The number of anilines is 3. The van der Waals surface area contributed by atoms with E-state index in [4.69, 9.17) is 4.52 Å². The van der Waals surface area contributed by atoms with Crippen LogP contribution in [0.15, 0.2) is 47.2 Å². The SMILES string of the molecule is Cc1cc(Nc2cnc(C(=O)N3c4ccccc4CC3C)cn2)no1. The number of nitrogens with one attached hydrogen (secondary N) is 1. The van der Waals surface area contributed by atoms with E-state index >= 15 is 0 Å². The zero-order valence-corrected chi connectivity index (χ0v) is 13.9. The van der Waals surface area contributed by atoms with Crippen molar-refractivity contribution in [2.24, 2.45) is 0 Å². The first-order chi connectivity index (χ1) is 12.1. The molecule has 1 atom stereocenters. The highest BCUT2D eigenvalue weighted by Gasteiger charge is 2.31. The van der Waals surface area contributed by atoms with Crippen LogP contribution >= 0.6 is 0 Å². The minimum absolute atomic E-state index is 0.0996. The van der Waals surface area contributed by atoms with Gasteiger partial charge in [-0.05, 0) is 31.9 Å². The van der Waals surface area contributed by atoms with Crippen LogP contribution in [0.4, 0.5) is 17.3 Å². The van der Waals surface area contributed by atoms with Crippen LogP contribution in [0.5, 0.6) is 0 Å². The third-order valence-corrected chi connectivity index (χ3v) is 4.18. The summed E-state index contributed by atoms with van der Waals surface area (Å²) < 4.78 is 4.99. The van der Waals surface area contributed by atoms with E-state index in [9.17, 15) is 4.79 Å². The Morgan fingerprint density at radius 1 is 1.24 bits per heavy atom. The van der Waals surface area contributed by atoms with Crippen molar-refractivity contribution in [3.05, 3.63) is 59.7 Å². The average molecular weight is 335 g/mol. The maximum Gasteiger partial charge on any atom is 0.278 e. The summed E-state index contributed by atoms with van der Waals surface area (Å²) in [6, 6.07) is 9.80. The lowest BCUT2D eigenvalue weighted by atomic mass is 10.1. The molecule has 25 heavy (non-hydrogen) atoms. The second-order valence-electron chi connectivity index (χ2n) is 6.09. The molecule has 1 aromatic carbocycles. The molecule has 126 valence electrons. The third-order valence-electron chi connectivity index (χ3n) is 4.18. The maximum atomic E-state index is 12.9. The molecule has 0 spiro atoms. The van der Waals surface area contributed by atoms with Gasteiger partial charge in [-0.3, -0.25) is 4.79 Å². The molecule has 0 bridgehead atoms. The molecule has 0 aliphatic carbocycles. The van der Waals surface area contributed by atoms with Crippen LogP contribution in [0.25, 0.3) is 0 Å². The normalized spacial score (nSPS) is 15.9. The molecule has 4 rings (SSSR count). The van der Waals surface area contributed by atoms with E-state index in [2.05, 4.69) is 26.5 Å². The quantitative estimate of drug-likeness (QED) is 0.792. The summed E-state index contributed by atoms with van der Waals surface area (Å²) in [5.41, 5.74) is 2.43. The summed E-state index contributed by atoms with van der Waals surface area (Å²) >= 11 is 0. The Kier molecular flexibility index (Phi) is 3.68. The van der Waals surface area contributed by atoms with Gasteiger partial charge >= 0.3 is 0 Å². The van der Waals surface area contributed by atoms with Crippen LogP contribution in [0.1, 0.15) is 28.7 Å². The first kappa shape index (κ1) is 15.3. The van der Waals surface area contributed by atoms with Crippen LogP contribution in [-0.4, -0.2) is 27.1 Å². The van der Waals surface area contributed by atoms with Gasteiger partial charge in [-0.1, -0.05) is 23.4 Å². The molecule has 0 saturated heterocycles. The van der Waals surface area contributed by atoms with Crippen LogP contribution in [0.2, 0.25) is 0 Å². The number of amides is 1. The van der Waals surface area contributed by atoms with Gasteiger partial charge in [-0.15, -0.1) is 0 Å². The largest absolute Gasteiger partial charge is 0.360 e. The highest BCUT2D eigenvalue weighted by atomic mass is 16.5. The van der Waals surface area contributed by atoms with Crippen molar-refractivity contribution in [1.29, 1.82) is 0 Å². The van der Waals surface area contributed by atoms with Crippen molar-refractivity contribution in [3.8, 4) is 0 Å². The van der Waals surface area contributed by atoms with Crippen molar-refractivity contribution in [2.75, 3.05) is 10.2 Å². The Morgan fingerprint density at radius 2 is 2.08 bits per heavy atom. The molecule has 3 aromatic rings. The molecule has 0 fully saturated rings. The summed E-state index contributed by atoms with van der Waals surface area (Å²) in [5.74, 6) is 1.60. The maximum absolute atomic E-state index is 12.9. The number of rotatable bonds is 3. The standard InChI is InChI=1S/C18H17N5O2/c1-11-7-13-5-3-4-6-15(13)23(11)18(24)14-9-20-17(10-19-14)21-16-8-12(2)25-22-16/h3-6,8-11H,7H2,1-2H3,(H,20,21,22). The number of aromatic nitrogens is 3. The molecule has 7 heteroatoms. The lowest BCUT2D eigenvalue weighted by molar-refractivity contribution is 0.0976. The highest BCUT2D eigenvalue weighted by Crippen LogP contribution is 2.32. The van der Waals surface area contributed by atoms with Gasteiger partial charge in [0.25, 0.3) is 5.91 Å². The molecule has 0 saturated carbocycles. The van der Waals surface area contributed by atoms with E-state index in [-0.39, 0.29) is 11.9 Å². The van der Waals surface area contributed by atoms with Gasteiger partial charge in [0.05, 0.1) is 12.4 Å². The number of aryl methyl sites for hydroxylation is 1. The van der Waals surface area contributed by atoms with E-state index in [1.165, 1.54) is 18.0 Å². The number of fused-ring (bicyclic) bond motifs is 1. The van der Waals surface area contributed by atoms with Crippen LogP contribution in [-0.2, 0) is 6.42 Å². The zero-order chi connectivity index (χ0) is 17.4. The molecular weight excluding hydrogens is 318 g/mol. The highest BCUT2D eigenvalue weighted by molar-refractivity contribution is 6.06. The van der Waals surface area contributed by atoms with Crippen molar-refractivity contribution in [2.45, 2.75) is 26.3 Å². The third kappa shape index (κ3) is 2.84. The van der Waals surface area contributed by atoms with Crippen LogP contribution in [0.3, 0.4) is 0 Å². The van der Waals surface area contributed by atoms with Gasteiger partial charge < -0.3 is 14.7 Å². The summed E-state index contributed by atoms with van der Waals surface area (Å²) in [5, 5.41) is 6.82. The van der Waals surface area contributed by atoms with Crippen molar-refractivity contribution in [1.82, 2.24) is 15.1 Å². The van der Waals surface area contributed by atoms with E-state index in [1.54, 1.807) is 17.9 Å². The molecule has 1 N–H and O–H groups in total. The molecule has 1 unspecified atom stereocenters. The predicted octanol–water partition coefficient (Wildman–Crippen LogP) is 3.11. The Hall–Kier alpha value is -3.22. The van der Waals surface area contributed by atoms with E-state index in [1.807, 2.05) is 25.1 Å². The van der Waals surface area contributed by atoms with Crippen molar-refractivity contribution >= 4 is 23.2 Å². The first-order valence-corrected chi connectivity index (χ1v) is 8.05. The number of carbonyl (C=O) groups excluding carboxylic acids is 1. The smallest absolute Gasteiger partial charge is 0.278 e. The predicted molar refractivity (Wildman–Crippen MR) is 93.0 cm³/mol. The zero-order valence-electron chi connectivity index (χ0n) is 13.9. The molecule has 7 nitrogen and oxygen atoms in total. The fourth-order valence-electron chi connectivity index (χ4n) is 3.06. The molecule has 1 amide bonds. The molecule has 0 radical (unpaired) electrons. The number of nitrogens with zero attached hydrogens (tertiary/aromatic N) is 4. The van der Waals surface area contributed by atoms with Crippen LogP contribution < -0.4 is 10.2 Å². The van der Waals surface area contributed by atoms with Gasteiger partial charge in [0.15, 0.2) is 5.82 Å². The second kappa shape index (κ2) is 6.01. The van der Waals surface area contributed by atoms with Crippen molar-refractivity contribution in [3.63, 3.8) is 0 Å². The fraction of sp³-hybridized carbons (Fsp3) is 0.222. The van der Waals surface area contributed by atoms with Gasteiger partial charge in [0.2, 0.25) is 0 Å². The molecule has 1 aliphatic heterocycles. The van der Waals surface area contributed by atoms with E-state index in [0.29, 0.717) is 23.1 Å². The second-order valence-corrected chi connectivity index (χ2v) is 6.09. The number of hydrogen-bond donors (Lipinski definition) is 1. The molecule has 2 aromatic heterocycles. The number of hydrogen-bond acceptors (Lipinski definition) is 6. The Bertz CT molecular complexity index is 919. The monoisotopic (exact) mass is 335 g/mol. The lowest BCUT2D eigenvalue weighted by Crippen LogP contribution is -2.36.